The number of pyridine rings is 1. The maximum atomic E-state index is 7.76. The van der Waals surface area contributed by atoms with E-state index in [4.69, 9.17) is 20.1 Å². The smallest absolute Gasteiger partial charge is 0.163 e. The summed E-state index contributed by atoms with van der Waals surface area (Å²) in [4.78, 5) is 13.7. The lowest BCUT2D eigenvalue weighted by molar-refractivity contribution is 0.346. The fourth-order valence-corrected chi connectivity index (χ4v) is 3.94. The van der Waals surface area contributed by atoms with Gasteiger partial charge in [-0.25, -0.2) is 9.97 Å². The van der Waals surface area contributed by atoms with Crippen LogP contribution < -0.4 is 10.1 Å². The van der Waals surface area contributed by atoms with E-state index in [0.29, 0.717) is 18.1 Å². The van der Waals surface area contributed by atoms with Crippen molar-refractivity contribution in [2.75, 3.05) is 19.0 Å². The first-order valence-corrected chi connectivity index (χ1v) is 11.9. The van der Waals surface area contributed by atoms with Gasteiger partial charge in [0.25, 0.3) is 0 Å². The van der Waals surface area contributed by atoms with E-state index in [1.165, 1.54) is 0 Å². The van der Waals surface area contributed by atoms with Crippen molar-refractivity contribution in [1.82, 2.24) is 15.0 Å². The molecular weight excluding hydrogens is 434 g/mol. The molecule has 0 saturated carbocycles. The Kier molecular flexibility index (Phi) is 7.83. The summed E-state index contributed by atoms with van der Waals surface area (Å²) >= 11 is 0. The average Bonchev–Trinajstić information content (AvgIpc) is 2.89. The number of benzene rings is 2. The average molecular weight is 466 g/mol. The minimum absolute atomic E-state index is 0.508. The number of ether oxygens (including phenoxy) is 1. The first-order valence-electron chi connectivity index (χ1n) is 11.9. The fraction of sp³-hybridized carbons (Fsp3) is 0.241. The van der Waals surface area contributed by atoms with Crippen LogP contribution in [0.3, 0.4) is 0 Å². The van der Waals surface area contributed by atoms with Gasteiger partial charge in [-0.2, -0.15) is 0 Å². The lowest BCUT2D eigenvalue weighted by atomic mass is 10.0. The summed E-state index contributed by atoms with van der Waals surface area (Å²) in [6.07, 6.45) is 8.62. The summed E-state index contributed by atoms with van der Waals surface area (Å²) in [6.45, 7) is 4.48. The topological polar surface area (TPSA) is 83.8 Å². The number of anilines is 1. The molecule has 0 aliphatic carbocycles. The second-order valence-corrected chi connectivity index (χ2v) is 8.52. The number of aromatic nitrogens is 3. The van der Waals surface area contributed by atoms with Gasteiger partial charge in [-0.05, 0) is 78.9 Å². The van der Waals surface area contributed by atoms with Crippen molar-refractivity contribution in [3.63, 3.8) is 0 Å². The lowest BCUT2D eigenvalue weighted by Crippen LogP contribution is -2.03. The zero-order chi connectivity index (χ0) is 24.6. The third-order valence-corrected chi connectivity index (χ3v) is 5.74. The van der Waals surface area contributed by atoms with E-state index in [1.54, 1.807) is 19.3 Å². The standard InChI is InChI=1S/C29H31N5O/c1-4-5-7-21(16-20(2)30)19-35-25-12-9-22(10-13-25)23-11-14-27-26(17-23)29(31-3)34-28(33-27)24-8-6-15-32-18-24/h6,8-18,30H,4-5,7,19H2,1-3H3,(H,31,33,34)/b21-16+,30-20?. The highest BCUT2D eigenvalue weighted by molar-refractivity contribution is 5.94. The summed E-state index contributed by atoms with van der Waals surface area (Å²) in [5.74, 6) is 2.25. The number of fused-ring (bicyclic) bond motifs is 1. The minimum atomic E-state index is 0.508. The van der Waals surface area contributed by atoms with E-state index in [9.17, 15) is 0 Å². The number of nitrogens with one attached hydrogen (secondary N) is 2. The third kappa shape index (κ3) is 6.09. The molecule has 4 aromatic rings. The maximum Gasteiger partial charge on any atom is 0.163 e. The summed E-state index contributed by atoms with van der Waals surface area (Å²) in [5.41, 5.74) is 5.65. The second-order valence-electron chi connectivity index (χ2n) is 8.52. The van der Waals surface area contributed by atoms with Crippen molar-refractivity contribution in [3.05, 3.63) is 78.6 Å². The van der Waals surface area contributed by atoms with E-state index >= 15 is 0 Å². The van der Waals surface area contributed by atoms with Crippen LogP contribution in [-0.2, 0) is 0 Å². The van der Waals surface area contributed by atoms with Crippen LogP contribution in [0, 0.1) is 5.41 Å². The van der Waals surface area contributed by atoms with E-state index < -0.39 is 0 Å². The highest BCUT2D eigenvalue weighted by Gasteiger charge is 2.10. The van der Waals surface area contributed by atoms with Crippen molar-refractivity contribution in [1.29, 1.82) is 5.41 Å². The molecule has 2 aromatic heterocycles. The van der Waals surface area contributed by atoms with Crippen LogP contribution in [0.5, 0.6) is 5.75 Å². The SMILES string of the molecule is CCCC/C(=C\C(C)=N)COc1ccc(-c2ccc3nc(-c4cccnc4)nc(NC)c3c2)cc1. The zero-order valence-corrected chi connectivity index (χ0v) is 20.5. The van der Waals surface area contributed by atoms with Crippen LogP contribution in [0.25, 0.3) is 33.4 Å². The van der Waals surface area contributed by atoms with Gasteiger partial charge < -0.3 is 15.5 Å². The summed E-state index contributed by atoms with van der Waals surface area (Å²) in [6, 6.07) is 18.2. The van der Waals surface area contributed by atoms with Crippen LogP contribution in [0.4, 0.5) is 5.82 Å². The Morgan fingerprint density at radius 3 is 2.51 bits per heavy atom. The Labute approximate surface area is 206 Å². The molecule has 0 fully saturated rings. The lowest BCUT2D eigenvalue weighted by Gasteiger charge is -2.12. The van der Waals surface area contributed by atoms with Crippen LogP contribution in [0.15, 0.2) is 78.6 Å². The van der Waals surface area contributed by atoms with Crippen LogP contribution in [0.2, 0.25) is 0 Å². The molecule has 2 heterocycles. The van der Waals surface area contributed by atoms with Gasteiger partial charge in [0.1, 0.15) is 18.2 Å². The van der Waals surface area contributed by atoms with Gasteiger partial charge in [0, 0.05) is 36.1 Å². The molecular formula is C29H31N5O. The number of rotatable bonds is 10. The molecule has 6 nitrogen and oxygen atoms in total. The number of unbranched alkanes of at least 4 members (excludes halogenated alkanes) is 1. The van der Waals surface area contributed by atoms with Gasteiger partial charge >= 0.3 is 0 Å². The molecule has 4 rings (SSSR count). The van der Waals surface area contributed by atoms with Crippen LogP contribution in [-0.4, -0.2) is 34.3 Å². The molecule has 0 spiro atoms. The van der Waals surface area contributed by atoms with Gasteiger partial charge in [0.2, 0.25) is 0 Å². The summed E-state index contributed by atoms with van der Waals surface area (Å²) < 4.78 is 6.02. The largest absolute Gasteiger partial charge is 0.489 e. The van der Waals surface area contributed by atoms with E-state index in [-0.39, 0.29) is 0 Å². The van der Waals surface area contributed by atoms with Gasteiger partial charge in [-0.3, -0.25) is 4.98 Å². The van der Waals surface area contributed by atoms with Crippen molar-refractivity contribution in [2.24, 2.45) is 0 Å². The molecule has 0 atom stereocenters. The van der Waals surface area contributed by atoms with Crippen molar-refractivity contribution >= 4 is 22.4 Å². The second kappa shape index (κ2) is 11.4. The highest BCUT2D eigenvalue weighted by Crippen LogP contribution is 2.30. The Morgan fingerprint density at radius 1 is 1.03 bits per heavy atom. The van der Waals surface area contributed by atoms with Crippen LogP contribution in [0.1, 0.15) is 33.1 Å². The molecule has 0 aliphatic rings. The Morgan fingerprint density at radius 2 is 1.83 bits per heavy atom. The molecule has 0 aliphatic heterocycles. The van der Waals surface area contributed by atoms with Gasteiger partial charge in [0.15, 0.2) is 5.82 Å². The quantitative estimate of drug-likeness (QED) is 0.248. The molecule has 35 heavy (non-hydrogen) atoms. The number of allylic oxidation sites excluding steroid dienone is 1. The first-order chi connectivity index (χ1) is 17.1. The minimum Gasteiger partial charge on any atom is -0.489 e. The highest BCUT2D eigenvalue weighted by atomic mass is 16.5. The first kappa shape index (κ1) is 24.1. The maximum absolute atomic E-state index is 7.76. The van der Waals surface area contributed by atoms with Crippen molar-refractivity contribution < 1.29 is 4.74 Å². The number of hydrogen-bond acceptors (Lipinski definition) is 6. The molecule has 6 heteroatoms. The third-order valence-electron chi connectivity index (χ3n) is 5.74. The van der Waals surface area contributed by atoms with E-state index in [2.05, 4.69) is 41.5 Å². The number of nitrogens with zero attached hydrogens (tertiary/aromatic N) is 3. The predicted molar refractivity (Wildman–Crippen MR) is 144 cm³/mol. The molecule has 0 radical (unpaired) electrons. The van der Waals surface area contributed by atoms with Gasteiger partial charge in [0.05, 0.1) is 5.52 Å². The van der Waals surface area contributed by atoms with Crippen molar-refractivity contribution in [2.45, 2.75) is 33.1 Å². The normalized spacial score (nSPS) is 11.5. The molecule has 0 unspecified atom stereocenters. The number of hydrogen-bond donors (Lipinski definition) is 2. The summed E-state index contributed by atoms with van der Waals surface area (Å²) in [5, 5.41) is 11.9. The van der Waals surface area contributed by atoms with Crippen LogP contribution >= 0.6 is 0 Å². The van der Waals surface area contributed by atoms with E-state index in [0.717, 1.165) is 64.0 Å². The molecule has 0 saturated heterocycles. The fourth-order valence-electron chi connectivity index (χ4n) is 3.94. The summed E-state index contributed by atoms with van der Waals surface area (Å²) in [7, 11) is 1.87. The monoisotopic (exact) mass is 465 g/mol. The zero-order valence-electron chi connectivity index (χ0n) is 20.5. The molecule has 0 bridgehead atoms. The molecule has 0 amide bonds. The van der Waals surface area contributed by atoms with E-state index in [1.807, 2.05) is 43.5 Å². The molecule has 178 valence electrons. The van der Waals surface area contributed by atoms with Gasteiger partial charge in [-0.15, -0.1) is 0 Å². The Bertz CT molecular complexity index is 1330. The Hall–Kier alpha value is -4.06. The molecule has 2 N–H and O–H groups in total. The Balaban J connectivity index is 1.55. The predicted octanol–water partition coefficient (Wildman–Crippen LogP) is 6.94. The van der Waals surface area contributed by atoms with Gasteiger partial charge in [-0.1, -0.05) is 31.5 Å². The van der Waals surface area contributed by atoms with Crippen molar-refractivity contribution in [3.8, 4) is 28.3 Å². The molecule has 2 aromatic carbocycles.